The number of aliphatic hydroxyl groups is 1. The Morgan fingerprint density at radius 1 is 1.17 bits per heavy atom. The Labute approximate surface area is 110 Å². The van der Waals surface area contributed by atoms with E-state index in [4.69, 9.17) is 0 Å². The lowest BCUT2D eigenvalue weighted by molar-refractivity contribution is 0.0809. The van der Waals surface area contributed by atoms with Crippen LogP contribution in [0.3, 0.4) is 0 Å². The second kappa shape index (κ2) is 3.84. The minimum atomic E-state index is -0.352. The van der Waals surface area contributed by atoms with Crippen molar-refractivity contribution in [2.24, 2.45) is 16.7 Å². The highest BCUT2D eigenvalue weighted by Crippen LogP contribution is 2.57. The Balaban J connectivity index is 2.12. The number of fused-ring (bicyclic) bond motifs is 3. The zero-order valence-corrected chi connectivity index (χ0v) is 11.7. The molecule has 3 rings (SSSR count). The molecule has 0 heterocycles. The van der Waals surface area contributed by atoms with Gasteiger partial charge < -0.3 is 5.11 Å². The van der Waals surface area contributed by atoms with Gasteiger partial charge in [0.15, 0.2) is 0 Å². The fourth-order valence-electron chi connectivity index (χ4n) is 4.29. The van der Waals surface area contributed by atoms with Gasteiger partial charge in [-0.1, -0.05) is 62.6 Å². The van der Waals surface area contributed by atoms with E-state index >= 15 is 0 Å². The highest BCUT2D eigenvalue weighted by Gasteiger charge is 2.49. The van der Waals surface area contributed by atoms with Gasteiger partial charge in [-0.3, -0.25) is 0 Å². The summed E-state index contributed by atoms with van der Waals surface area (Å²) in [6.45, 7) is 6.71. The zero-order chi connectivity index (χ0) is 13.0. The Bertz CT molecular complexity index is 452. The maximum absolute atomic E-state index is 10.2. The molecule has 1 saturated carbocycles. The molecule has 98 valence electrons. The van der Waals surface area contributed by atoms with Crippen molar-refractivity contribution in [1.82, 2.24) is 0 Å². The van der Waals surface area contributed by atoms with Crippen molar-refractivity contribution in [3.05, 3.63) is 35.5 Å². The van der Waals surface area contributed by atoms with E-state index in [0.29, 0.717) is 5.92 Å². The molecule has 1 fully saturated rings. The van der Waals surface area contributed by atoms with E-state index in [1.165, 1.54) is 31.3 Å². The highest BCUT2D eigenvalue weighted by molar-refractivity contribution is 5.44. The molecule has 0 amide bonds. The number of aliphatic hydroxyl groups excluding tert-OH is 1. The van der Waals surface area contributed by atoms with Gasteiger partial charge in [0.1, 0.15) is 0 Å². The monoisotopic (exact) mass is 244 g/mol. The topological polar surface area (TPSA) is 20.2 Å². The first kappa shape index (κ1) is 12.2. The van der Waals surface area contributed by atoms with Crippen LogP contribution in [-0.2, 0) is 0 Å². The highest BCUT2D eigenvalue weighted by atomic mass is 16.3. The van der Waals surface area contributed by atoms with Crippen molar-refractivity contribution < 1.29 is 5.11 Å². The first-order valence-electron chi connectivity index (χ1n) is 7.25. The third-order valence-electron chi connectivity index (χ3n) is 5.48. The van der Waals surface area contributed by atoms with Crippen molar-refractivity contribution >= 4 is 0 Å². The summed E-state index contributed by atoms with van der Waals surface area (Å²) < 4.78 is 0. The predicted molar refractivity (Wildman–Crippen MR) is 75.2 cm³/mol. The van der Waals surface area contributed by atoms with E-state index < -0.39 is 0 Å². The van der Waals surface area contributed by atoms with E-state index in [1.54, 1.807) is 5.57 Å². The standard InChI is InChI=1S/C17H24O/c1-16(2)14-9-8-12-6-4-5-7-13(12)17(14,3)11-10-15(16)18/h8-11,13,15,18H,4-7H2,1-3H3/t13-,15?,17+/m0/s1. The summed E-state index contributed by atoms with van der Waals surface area (Å²) in [6, 6.07) is 0. The zero-order valence-electron chi connectivity index (χ0n) is 11.7. The van der Waals surface area contributed by atoms with Crippen molar-refractivity contribution in [2.75, 3.05) is 0 Å². The van der Waals surface area contributed by atoms with Crippen molar-refractivity contribution in [2.45, 2.75) is 52.6 Å². The molecule has 0 aromatic heterocycles. The lowest BCUT2D eigenvalue weighted by Gasteiger charge is -2.52. The molecule has 0 aliphatic heterocycles. The Hall–Kier alpha value is -0.820. The molecule has 0 radical (unpaired) electrons. The van der Waals surface area contributed by atoms with Crippen molar-refractivity contribution in [1.29, 1.82) is 0 Å². The minimum Gasteiger partial charge on any atom is -0.388 e. The van der Waals surface area contributed by atoms with Crippen LogP contribution in [0.25, 0.3) is 0 Å². The van der Waals surface area contributed by atoms with E-state index in [1.807, 2.05) is 6.08 Å². The summed E-state index contributed by atoms with van der Waals surface area (Å²) in [5.74, 6) is 0.661. The molecule has 3 aliphatic rings. The van der Waals surface area contributed by atoms with Crippen molar-refractivity contribution in [3.8, 4) is 0 Å². The third kappa shape index (κ3) is 1.50. The van der Waals surface area contributed by atoms with Crippen LogP contribution in [0.1, 0.15) is 46.5 Å². The van der Waals surface area contributed by atoms with Crippen molar-refractivity contribution in [3.63, 3.8) is 0 Å². The van der Waals surface area contributed by atoms with Gasteiger partial charge in [0.05, 0.1) is 6.10 Å². The maximum Gasteiger partial charge on any atom is 0.0809 e. The summed E-state index contributed by atoms with van der Waals surface area (Å²) in [5.41, 5.74) is 3.04. The molecule has 3 aliphatic carbocycles. The average Bonchev–Trinajstić information content (AvgIpc) is 2.35. The molecule has 1 heteroatoms. The molecule has 1 N–H and O–H groups in total. The van der Waals surface area contributed by atoms with Gasteiger partial charge in [0, 0.05) is 10.8 Å². The van der Waals surface area contributed by atoms with Crippen LogP contribution >= 0.6 is 0 Å². The first-order chi connectivity index (χ1) is 8.46. The molecule has 0 aromatic rings. The van der Waals surface area contributed by atoms with Crippen LogP contribution in [0.4, 0.5) is 0 Å². The van der Waals surface area contributed by atoms with Gasteiger partial charge in [-0.2, -0.15) is 0 Å². The van der Waals surface area contributed by atoms with Crippen LogP contribution in [0.2, 0.25) is 0 Å². The summed E-state index contributed by atoms with van der Waals surface area (Å²) in [7, 11) is 0. The van der Waals surface area contributed by atoms with E-state index in [0.717, 1.165) is 0 Å². The number of rotatable bonds is 0. The van der Waals surface area contributed by atoms with Gasteiger partial charge >= 0.3 is 0 Å². The molecular formula is C17H24O. The Morgan fingerprint density at radius 2 is 1.94 bits per heavy atom. The largest absolute Gasteiger partial charge is 0.388 e. The second-order valence-electron chi connectivity index (χ2n) is 6.93. The average molecular weight is 244 g/mol. The molecule has 1 nitrogen and oxygen atoms in total. The van der Waals surface area contributed by atoms with Gasteiger partial charge in [-0.25, -0.2) is 0 Å². The van der Waals surface area contributed by atoms with Gasteiger partial charge in [0.2, 0.25) is 0 Å². The predicted octanol–water partition coefficient (Wildman–Crippen LogP) is 4.01. The van der Waals surface area contributed by atoms with Gasteiger partial charge in [-0.15, -0.1) is 0 Å². The smallest absolute Gasteiger partial charge is 0.0809 e. The fraction of sp³-hybridized carbons (Fsp3) is 0.647. The molecule has 18 heavy (non-hydrogen) atoms. The number of hydrogen-bond donors (Lipinski definition) is 1. The maximum atomic E-state index is 10.2. The summed E-state index contributed by atoms with van der Waals surface area (Å²) >= 11 is 0. The van der Waals surface area contributed by atoms with Crippen LogP contribution < -0.4 is 0 Å². The molecule has 0 aromatic carbocycles. The lowest BCUT2D eigenvalue weighted by Crippen LogP contribution is -2.45. The third-order valence-corrected chi connectivity index (χ3v) is 5.48. The molecule has 3 atom stereocenters. The van der Waals surface area contributed by atoms with Crippen LogP contribution in [0.15, 0.2) is 35.5 Å². The number of allylic oxidation sites excluding steroid dienone is 4. The number of hydrogen-bond acceptors (Lipinski definition) is 1. The summed E-state index contributed by atoms with van der Waals surface area (Å²) in [4.78, 5) is 0. The summed E-state index contributed by atoms with van der Waals surface area (Å²) in [6.07, 6.45) is 13.8. The molecule has 0 spiro atoms. The molecule has 0 bridgehead atoms. The van der Waals surface area contributed by atoms with E-state index in [-0.39, 0.29) is 16.9 Å². The normalized spacial score (nSPS) is 41.6. The first-order valence-corrected chi connectivity index (χ1v) is 7.25. The van der Waals surface area contributed by atoms with E-state index in [2.05, 4.69) is 39.0 Å². The van der Waals surface area contributed by atoms with Crippen LogP contribution in [-0.4, -0.2) is 11.2 Å². The molecule has 1 unspecified atom stereocenters. The fourth-order valence-corrected chi connectivity index (χ4v) is 4.29. The lowest BCUT2D eigenvalue weighted by atomic mass is 9.53. The Morgan fingerprint density at radius 3 is 2.72 bits per heavy atom. The van der Waals surface area contributed by atoms with E-state index in [9.17, 15) is 5.11 Å². The molecular weight excluding hydrogens is 220 g/mol. The second-order valence-corrected chi connectivity index (χ2v) is 6.93. The van der Waals surface area contributed by atoms with Crippen LogP contribution in [0.5, 0.6) is 0 Å². The van der Waals surface area contributed by atoms with Crippen LogP contribution in [0, 0.1) is 16.7 Å². The summed E-state index contributed by atoms with van der Waals surface area (Å²) in [5, 5.41) is 10.2. The minimum absolute atomic E-state index is 0.132. The van der Waals surface area contributed by atoms with Gasteiger partial charge in [0.25, 0.3) is 0 Å². The van der Waals surface area contributed by atoms with Gasteiger partial charge in [-0.05, 0) is 25.2 Å². The SMILES string of the molecule is CC1(C)C2=CC=C3CCCC[C@@H]3[C@@]2(C)C=CC1O. The Kier molecular flexibility index (Phi) is 2.60. The quantitative estimate of drug-likeness (QED) is 0.638. The molecule has 0 saturated heterocycles.